The van der Waals surface area contributed by atoms with E-state index in [0.29, 0.717) is 10.7 Å². The highest BCUT2D eigenvalue weighted by atomic mass is 35.5. The first-order valence-electron chi connectivity index (χ1n) is 6.88. The molecule has 0 aliphatic heterocycles. The topological polar surface area (TPSA) is 75.3 Å². The molecule has 0 bridgehead atoms. The van der Waals surface area contributed by atoms with E-state index in [0.717, 1.165) is 5.57 Å². The Labute approximate surface area is 133 Å². The Kier molecular flexibility index (Phi) is 3.88. The largest absolute Gasteiger partial charge is 0.510 e. The smallest absolute Gasteiger partial charge is 0.259 e. The van der Waals surface area contributed by atoms with Crippen molar-refractivity contribution >= 4 is 23.2 Å². The molecule has 2 unspecified atom stereocenters. The minimum Gasteiger partial charge on any atom is -0.510 e. The Hall–Kier alpha value is -2.30. The predicted molar refractivity (Wildman–Crippen MR) is 87.6 cm³/mol. The van der Waals surface area contributed by atoms with Crippen LogP contribution in [0, 0.1) is 5.92 Å². The van der Waals surface area contributed by atoms with E-state index in [2.05, 4.69) is 5.32 Å². The number of anilines is 1. The van der Waals surface area contributed by atoms with E-state index >= 15 is 0 Å². The number of aliphatic hydroxyl groups is 1. The Morgan fingerprint density at radius 1 is 1.23 bits per heavy atom. The SMILES string of the molecule is NC1C(O)=C(C(=O)Nc2ccc(Cl)cc2)C=C2C=CC=CC21. The molecule has 5 heteroatoms. The molecule has 0 radical (unpaired) electrons. The van der Waals surface area contributed by atoms with Crippen molar-refractivity contribution in [3.8, 4) is 0 Å². The second-order valence-electron chi connectivity index (χ2n) is 5.20. The van der Waals surface area contributed by atoms with Crippen LogP contribution >= 0.6 is 11.6 Å². The quantitative estimate of drug-likeness (QED) is 0.785. The molecule has 2 aliphatic carbocycles. The summed E-state index contributed by atoms with van der Waals surface area (Å²) in [5, 5.41) is 13.6. The third-order valence-electron chi connectivity index (χ3n) is 3.74. The van der Waals surface area contributed by atoms with E-state index in [1.807, 2.05) is 24.3 Å². The molecule has 0 spiro atoms. The van der Waals surface area contributed by atoms with Gasteiger partial charge in [0.15, 0.2) is 0 Å². The number of nitrogens with one attached hydrogen (secondary N) is 1. The van der Waals surface area contributed by atoms with Crippen LogP contribution in [0.1, 0.15) is 0 Å². The van der Waals surface area contributed by atoms with Gasteiger partial charge in [0, 0.05) is 16.6 Å². The number of hydrogen-bond acceptors (Lipinski definition) is 3. The molecule has 1 aromatic rings. The standard InChI is InChI=1S/C17H15ClN2O2/c18-11-5-7-12(8-6-11)20-17(22)14-9-10-3-1-2-4-13(10)15(19)16(14)21/h1-9,13,15,21H,19H2,(H,20,22). The monoisotopic (exact) mass is 314 g/mol. The van der Waals surface area contributed by atoms with Crippen LogP contribution < -0.4 is 11.1 Å². The van der Waals surface area contributed by atoms with Crippen molar-refractivity contribution in [1.82, 2.24) is 0 Å². The van der Waals surface area contributed by atoms with Crippen LogP contribution in [0.3, 0.4) is 0 Å². The van der Waals surface area contributed by atoms with Crippen LogP contribution in [0.2, 0.25) is 5.02 Å². The van der Waals surface area contributed by atoms with Crippen molar-refractivity contribution in [2.75, 3.05) is 5.32 Å². The van der Waals surface area contributed by atoms with Crippen molar-refractivity contribution in [2.45, 2.75) is 6.04 Å². The number of amides is 1. The lowest BCUT2D eigenvalue weighted by Crippen LogP contribution is -2.37. The third-order valence-corrected chi connectivity index (χ3v) is 3.99. The first kappa shape index (κ1) is 14.6. The van der Waals surface area contributed by atoms with E-state index in [-0.39, 0.29) is 17.3 Å². The first-order chi connectivity index (χ1) is 10.6. The van der Waals surface area contributed by atoms with Gasteiger partial charge in [0.2, 0.25) is 0 Å². The summed E-state index contributed by atoms with van der Waals surface area (Å²) < 4.78 is 0. The van der Waals surface area contributed by atoms with Crippen molar-refractivity contribution in [3.05, 3.63) is 76.6 Å². The summed E-state index contributed by atoms with van der Waals surface area (Å²) in [4.78, 5) is 12.4. The number of aliphatic hydroxyl groups excluding tert-OH is 1. The molecule has 1 aromatic carbocycles. The Balaban J connectivity index is 1.87. The van der Waals surface area contributed by atoms with Crippen molar-refractivity contribution in [2.24, 2.45) is 11.7 Å². The summed E-state index contributed by atoms with van der Waals surface area (Å²) in [6.45, 7) is 0. The van der Waals surface area contributed by atoms with Crippen LogP contribution in [0.25, 0.3) is 0 Å². The minimum atomic E-state index is -0.618. The minimum absolute atomic E-state index is 0.0971. The predicted octanol–water partition coefficient (Wildman–Crippen LogP) is 3.10. The van der Waals surface area contributed by atoms with Crippen LogP contribution in [0.15, 0.2) is 71.6 Å². The number of fused-ring (bicyclic) bond motifs is 1. The summed E-state index contributed by atoms with van der Waals surface area (Å²) in [7, 11) is 0. The number of halogens is 1. The highest BCUT2D eigenvalue weighted by Crippen LogP contribution is 2.31. The average molecular weight is 315 g/mol. The fourth-order valence-corrected chi connectivity index (χ4v) is 2.67. The van der Waals surface area contributed by atoms with Crippen molar-refractivity contribution < 1.29 is 9.90 Å². The number of benzene rings is 1. The van der Waals surface area contributed by atoms with E-state index in [9.17, 15) is 9.90 Å². The number of hydrogen-bond donors (Lipinski definition) is 3. The number of nitrogens with two attached hydrogens (primary N) is 1. The molecule has 0 heterocycles. The van der Waals surface area contributed by atoms with E-state index in [1.54, 1.807) is 30.3 Å². The number of carbonyl (C=O) groups is 1. The van der Waals surface area contributed by atoms with E-state index in [1.165, 1.54) is 0 Å². The molecule has 1 amide bonds. The van der Waals surface area contributed by atoms with E-state index in [4.69, 9.17) is 17.3 Å². The molecule has 0 fully saturated rings. The van der Waals surface area contributed by atoms with Gasteiger partial charge in [-0.15, -0.1) is 0 Å². The highest BCUT2D eigenvalue weighted by molar-refractivity contribution is 6.30. The normalized spacial score (nSPS) is 23.1. The molecule has 2 aliphatic rings. The average Bonchev–Trinajstić information content (AvgIpc) is 2.53. The molecule has 3 rings (SSSR count). The Morgan fingerprint density at radius 3 is 2.68 bits per heavy atom. The Bertz CT molecular complexity index is 730. The van der Waals surface area contributed by atoms with Crippen LogP contribution in [0.4, 0.5) is 5.69 Å². The van der Waals surface area contributed by atoms with Gasteiger partial charge < -0.3 is 16.2 Å². The second kappa shape index (κ2) is 5.83. The van der Waals surface area contributed by atoms with Gasteiger partial charge >= 0.3 is 0 Å². The highest BCUT2D eigenvalue weighted by Gasteiger charge is 2.31. The lowest BCUT2D eigenvalue weighted by atomic mass is 9.81. The summed E-state index contributed by atoms with van der Waals surface area (Å²) >= 11 is 5.81. The number of rotatable bonds is 2. The fraction of sp³-hybridized carbons (Fsp3) is 0.118. The van der Waals surface area contributed by atoms with Gasteiger partial charge in [-0.2, -0.15) is 0 Å². The first-order valence-corrected chi connectivity index (χ1v) is 7.26. The van der Waals surface area contributed by atoms with Crippen molar-refractivity contribution in [3.63, 3.8) is 0 Å². The molecular formula is C17H15ClN2O2. The van der Waals surface area contributed by atoms with E-state index < -0.39 is 11.9 Å². The summed E-state index contributed by atoms with van der Waals surface area (Å²) in [6, 6.07) is 6.13. The molecule has 22 heavy (non-hydrogen) atoms. The van der Waals surface area contributed by atoms with Gasteiger partial charge in [0.1, 0.15) is 5.76 Å². The Morgan fingerprint density at radius 2 is 1.95 bits per heavy atom. The van der Waals surface area contributed by atoms with Gasteiger partial charge in [0.25, 0.3) is 5.91 Å². The van der Waals surface area contributed by atoms with Crippen LogP contribution in [-0.4, -0.2) is 17.1 Å². The molecule has 4 nitrogen and oxygen atoms in total. The zero-order valence-corrected chi connectivity index (χ0v) is 12.4. The maximum Gasteiger partial charge on any atom is 0.259 e. The molecule has 112 valence electrons. The lowest BCUT2D eigenvalue weighted by molar-refractivity contribution is -0.112. The molecule has 4 N–H and O–H groups in total. The molecule has 0 saturated heterocycles. The van der Waals surface area contributed by atoms with Gasteiger partial charge in [-0.05, 0) is 35.9 Å². The van der Waals surface area contributed by atoms with Gasteiger partial charge in [-0.3, -0.25) is 4.79 Å². The third kappa shape index (κ3) is 2.71. The van der Waals surface area contributed by atoms with Gasteiger partial charge in [-0.25, -0.2) is 0 Å². The summed E-state index contributed by atoms with van der Waals surface area (Å²) in [6.07, 6.45) is 9.25. The van der Waals surface area contributed by atoms with Crippen LogP contribution in [-0.2, 0) is 4.79 Å². The maximum absolute atomic E-state index is 12.4. The second-order valence-corrected chi connectivity index (χ2v) is 5.64. The zero-order valence-electron chi connectivity index (χ0n) is 11.7. The zero-order chi connectivity index (χ0) is 15.7. The fourth-order valence-electron chi connectivity index (χ4n) is 2.55. The number of carbonyl (C=O) groups excluding carboxylic acids is 1. The maximum atomic E-state index is 12.4. The summed E-state index contributed by atoms with van der Waals surface area (Å²) in [5.74, 6) is -0.596. The summed E-state index contributed by atoms with van der Waals surface area (Å²) in [5.41, 5.74) is 7.74. The molecule has 0 saturated carbocycles. The van der Waals surface area contributed by atoms with Gasteiger partial charge in [-0.1, -0.05) is 35.9 Å². The lowest BCUT2D eigenvalue weighted by Gasteiger charge is -2.28. The molecule has 0 aromatic heterocycles. The molecule has 2 atom stereocenters. The number of allylic oxidation sites excluding steroid dienone is 3. The van der Waals surface area contributed by atoms with Crippen LogP contribution in [0.5, 0.6) is 0 Å². The van der Waals surface area contributed by atoms with Gasteiger partial charge in [0.05, 0.1) is 11.6 Å². The van der Waals surface area contributed by atoms with Crippen molar-refractivity contribution in [1.29, 1.82) is 0 Å². The molecular weight excluding hydrogens is 300 g/mol.